The zero-order chi connectivity index (χ0) is 42.0. The van der Waals surface area contributed by atoms with Crippen molar-refractivity contribution in [2.24, 2.45) is 5.90 Å². The molecule has 19 heteroatoms. The minimum Gasteiger partial charge on any atom is -0.466 e. The number of anilines is 2. The summed E-state index contributed by atoms with van der Waals surface area (Å²) in [6.45, 7) is 3.61. The molecule has 0 saturated carbocycles. The van der Waals surface area contributed by atoms with Gasteiger partial charge in [0.2, 0.25) is 5.95 Å². The highest BCUT2D eigenvalue weighted by molar-refractivity contribution is 5.83. The van der Waals surface area contributed by atoms with Gasteiger partial charge < -0.3 is 24.1 Å². The summed E-state index contributed by atoms with van der Waals surface area (Å²) >= 11 is 0. The molecule has 2 N–H and O–H groups in total. The summed E-state index contributed by atoms with van der Waals surface area (Å²) in [6.07, 6.45) is -9.49. The highest BCUT2D eigenvalue weighted by atomic mass is 19.4. The number of carbonyl (C=O) groups excluding carboxylic acids is 2. The third kappa shape index (κ3) is 12.2. The number of carbonyl (C=O) groups is 2. The summed E-state index contributed by atoms with van der Waals surface area (Å²) in [6, 6.07) is 3.69. The van der Waals surface area contributed by atoms with Gasteiger partial charge in [0.15, 0.2) is 0 Å². The van der Waals surface area contributed by atoms with Crippen LogP contribution in [-0.2, 0) is 60.9 Å². The second-order valence-corrected chi connectivity index (χ2v) is 13.7. The molecule has 4 rings (SSSR count). The summed E-state index contributed by atoms with van der Waals surface area (Å²) in [5.41, 5.74) is -5.93. The summed E-state index contributed by atoms with van der Waals surface area (Å²) in [4.78, 5) is 41.1. The van der Waals surface area contributed by atoms with Gasteiger partial charge in [0.05, 0.1) is 60.0 Å². The van der Waals surface area contributed by atoms with E-state index in [0.29, 0.717) is 76.2 Å². The second kappa shape index (κ2) is 19.2. The maximum atomic E-state index is 14.3. The molecule has 0 spiro atoms. The molecule has 0 amide bonds. The van der Waals surface area contributed by atoms with E-state index in [1.54, 1.807) is 6.92 Å². The lowest BCUT2D eigenvalue weighted by atomic mass is 9.72. The molecule has 1 aliphatic rings. The number of morpholine rings is 1. The lowest BCUT2D eigenvalue weighted by molar-refractivity contribution is -0.152. The van der Waals surface area contributed by atoms with Gasteiger partial charge in [0.25, 0.3) is 0 Å². The predicted octanol–water partition coefficient (Wildman–Crippen LogP) is 8.54. The number of nitrogens with two attached hydrogens (primary N) is 1. The fraction of sp³-hybridized carbons (Fsp3) is 0.526. The van der Waals surface area contributed by atoms with E-state index < -0.39 is 71.2 Å². The van der Waals surface area contributed by atoms with Crippen molar-refractivity contribution in [2.75, 3.05) is 42.7 Å². The first kappa shape index (κ1) is 45.1. The molecule has 1 fully saturated rings. The molecule has 0 radical (unpaired) electrons. The quantitative estimate of drug-likeness (QED) is 0.0614. The van der Waals surface area contributed by atoms with Crippen molar-refractivity contribution in [2.45, 2.75) is 95.8 Å². The molecule has 2 heterocycles. The summed E-state index contributed by atoms with van der Waals surface area (Å²) in [5.74, 6) is 3.81. The van der Waals surface area contributed by atoms with Crippen LogP contribution in [0.2, 0.25) is 0 Å². The van der Waals surface area contributed by atoms with Crippen LogP contribution in [0.5, 0.6) is 0 Å². The van der Waals surface area contributed by atoms with E-state index in [2.05, 4.69) is 9.97 Å². The number of benzene rings is 2. The molecule has 57 heavy (non-hydrogen) atoms. The first-order valence-corrected chi connectivity index (χ1v) is 18.2. The monoisotopic (exact) mass is 821 g/mol. The summed E-state index contributed by atoms with van der Waals surface area (Å²) in [5, 5.41) is 0. The van der Waals surface area contributed by atoms with E-state index in [9.17, 15) is 49.1 Å². The Hall–Kier alpha value is -4.65. The molecule has 10 nitrogen and oxygen atoms in total. The van der Waals surface area contributed by atoms with Crippen molar-refractivity contribution < 1.29 is 63.4 Å². The first-order chi connectivity index (χ1) is 26.8. The van der Waals surface area contributed by atoms with Crippen molar-refractivity contribution in [3.8, 4) is 0 Å². The lowest BCUT2D eigenvalue weighted by Crippen LogP contribution is -2.40. The number of unbranched alkanes of at least 4 members (excludes halogenated alkanes) is 4. The number of hydrogen-bond acceptors (Lipinski definition) is 10. The number of ether oxygens (including phenoxy) is 2. The third-order valence-electron chi connectivity index (χ3n) is 9.77. The van der Waals surface area contributed by atoms with Crippen LogP contribution in [0.3, 0.4) is 0 Å². The average molecular weight is 822 g/mol. The summed E-state index contributed by atoms with van der Waals surface area (Å²) in [7, 11) is 0. The van der Waals surface area contributed by atoms with Crippen LogP contribution in [0.4, 0.5) is 51.1 Å². The number of nitrogens with zero attached hydrogens (tertiary/aromatic N) is 4. The van der Waals surface area contributed by atoms with E-state index in [1.807, 2.05) is 4.90 Å². The number of rotatable bonds is 17. The second-order valence-electron chi connectivity index (χ2n) is 13.7. The topological polar surface area (TPSA) is 120 Å². The maximum absolute atomic E-state index is 14.3. The fourth-order valence-electron chi connectivity index (χ4n) is 6.81. The van der Waals surface area contributed by atoms with Gasteiger partial charge in [-0.2, -0.15) is 45.4 Å². The molecule has 1 aromatic heterocycles. The van der Waals surface area contributed by atoms with Crippen molar-refractivity contribution >= 4 is 23.6 Å². The molecule has 3 aromatic rings. The Labute approximate surface area is 323 Å². The predicted molar refractivity (Wildman–Crippen MR) is 189 cm³/mol. The number of esters is 1. The molecular weight excluding hydrogens is 777 g/mol. The number of aromatic nitrogens is 2. The van der Waals surface area contributed by atoms with Gasteiger partial charge in [-0.25, -0.2) is 14.8 Å². The first-order valence-electron chi connectivity index (χ1n) is 18.2. The van der Waals surface area contributed by atoms with Crippen molar-refractivity contribution in [3.63, 3.8) is 0 Å². The molecule has 1 aliphatic heterocycles. The van der Waals surface area contributed by atoms with Crippen molar-refractivity contribution in [1.29, 1.82) is 0 Å². The third-order valence-corrected chi connectivity index (χ3v) is 9.77. The van der Waals surface area contributed by atoms with Crippen LogP contribution in [0.25, 0.3) is 0 Å². The van der Waals surface area contributed by atoms with Crippen LogP contribution in [0.1, 0.15) is 92.2 Å². The van der Waals surface area contributed by atoms with Crippen LogP contribution in [0.15, 0.2) is 48.8 Å². The Morgan fingerprint density at radius 2 is 1.39 bits per heavy atom. The van der Waals surface area contributed by atoms with Crippen molar-refractivity contribution in [1.82, 2.24) is 9.97 Å². The van der Waals surface area contributed by atoms with Gasteiger partial charge in [0.1, 0.15) is 0 Å². The minimum absolute atomic E-state index is 0.00116. The number of hydrogen-bond donors (Lipinski definition) is 1. The van der Waals surface area contributed by atoms with E-state index in [4.69, 9.17) is 20.2 Å². The highest BCUT2D eigenvalue weighted by Crippen LogP contribution is 2.41. The van der Waals surface area contributed by atoms with E-state index in [0.717, 1.165) is 23.1 Å². The van der Waals surface area contributed by atoms with Crippen LogP contribution in [-0.4, -0.2) is 54.8 Å². The Morgan fingerprint density at radius 3 is 1.93 bits per heavy atom. The van der Waals surface area contributed by atoms with E-state index >= 15 is 0 Å². The average Bonchev–Trinajstić information content (AvgIpc) is 3.16. The molecule has 0 bridgehead atoms. The SMILES string of the molecule is CCC(CCCCCCCOC(C)=O)(C(=O)ON)c1ccc(C(F)(F)F)cc1CN(Cc1cc(C(F)(F)F)cc(C(F)(F)F)c1)c1ncc(N2CCOCC2)cn1. The van der Waals surface area contributed by atoms with Gasteiger partial charge in [-0.3, -0.25) is 4.79 Å². The smallest absolute Gasteiger partial charge is 0.416 e. The molecule has 1 saturated heterocycles. The van der Waals surface area contributed by atoms with Crippen LogP contribution < -0.4 is 15.7 Å². The fourth-order valence-corrected chi connectivity index (χ4v) is 6.81. The maximum Gasteiger partial charge on any atom is 0.416 e. The van der Waals surface area contributed by atoms with Gasteiger partial charge >= 0.3 is 30.5 Å². The Morgan fingerprint density at radius 1 is 0.807 bits per heavy atom. The Balaban J connectivity index is 1.81. The van der Waals surface area contributed by atoms with Gasteiger partial charge in [-0.1, -0.05) is 38.7 Å². The number of alkyl halides is 9. The van der Waals surface area contributed by atoms with Gasteiger partial charge in [-0.05, 0) is 66.3 Å². The van der Waals surface area contributed by atoms with Crippen LogP contribution in [0, 0.1) is 0 Å². The number of halogens is 9. The minimum atomic E-state index is -5.17. The zero-order valence-corrected chi connectivity index (χ0v) is 31.3. The lowest BCUT2D eigenvalue weighted by Gasteiger charge is -2.34. The Kier molecular flexibility index (Phi) is 15.2. The molecule has 2 aromatic carbocycles. The van der Waals surface area contributed by atoms with E-state index in [-0.39, 0.29) is 42.6 Å². The molecular formula is C38H44F9N5O5. The molecule has 314 valence electrons. The standard InChI is InChI=1S/C38H44F9N5O5/c1-3-35(33(54)57-48,11-7-5-4-6-8-14-56-25(2)53)32-10-9-28(36(39,40)41)19-27(32)24-52(34-49-21-31(22-50-34)51-12-15-55-16-13-51)23-26-17-29(37(42,43)44)20-30(18-26)38(45,46)47/h9-10,17-22H,3-8,11-16,23-24,48H2,1-2H3. The molecule has 1 unspecified atom stereocenters. The van der Waals surface area contributed by atoms with Crippen LogP contribution >= 0.6 is 0 Å². The van der Waals surface area contributed by atoms with E-state index in [1.165, 1.54) is 19.3 Å². The Bertz CT molecular complexity index is 1770. The van der Waals surface area contributed by atoms with Gasteiger partial charge in [-0.15, -0.1) is 0 Å². The van der Waals surface area contributed by atoms with Gasteiger partial charge in [0, 0.05) is 33.1 Å². The normalized spacial score (nSPS) is 14.9. The zero-order valence-electron chi connectivity index (χ0n) is 31.3. The molecule has 1 atom stereocenters. The summed E-state index contributed by atoms with van der Waals surface area (Å²) < 4.78 is 136. The highest BCUT2D eigenvalue weighted by Gasteiger charge is 2.43. The van der Waals surface area contributed by atoms with Crippen molar-refractivity contribution in [3.05, 3.63) is 82.2 Å². The molecule has 0 aliphatic carbocycles. The largest absolute Gasteiger partial charge is 0.466 e.